The van der Waals surface area contributed by atoms with E-state index in [2.05, 4.69) is 11.9 Å². The number of nitrogens with two attached hydrogens (primary N) is 1. The topological polar surface area (TPSA) is 52.0 Å². The number of thioether (sulfide) groups is 1. The van der Waals surface area contributed by atoms with Crippen LogP contribution in [0.3, 0.4) is 0 Å². The van der Waals surface area contributed by atoms with Crippen LogP contribution in [0.25, 0.3) is 0 Å². The molecule has 0 aliphatic heterocycles. The Labute approximate surface area is 76.7 Å². The zero-order valence-corrected chi connectivity index (χ0v) is 8.23. The van der Waals surface area contributed by atoms with Crippen molar-refractivity contribution < 1.29 is 4.42 Å². The second-order valence-corrected chi connectivity index (χ2v) is 4.14. The van der Waals surface area contributed by atoms with Crippen LogP contribution in [0.15, 0.2) is 10.8 Å². The lowest BCUT2D eigenvalue weighted by atomic mass is 10.4. The molecule has 0 aliphatic carbocycles. The molecule has 1 aromatic rings. The first-order valence-corrected chi connectivity index (χ1v) is 4.99. The number of aryl methyl sites for hydroxylation is 1. The molecule has 0 saturated carbocycles. The summed E-state index contributed by atoms with van der Waals surface area (Å²) in [4.78, 5) is 4.09. The minimum Gasteiger partial charge on any atom is -0.448 e. The molecule has 4 heteroatoms. The van der Waals surface area contributed by atoms with Crippen LogP contribution in [0.1, 0.15) is 18.4 Å². The van der Waals surface area contributed by atoms with E-state index in [1.807, 2.05) is 6.92 Å². The molecule has 12 heavy (non-hydrogen) atoms. The molecule has 0 aromatic carbocycles. The largest absolute Gasteiger partial charge is 0.448 e. The van der Waals surface area contributed by atoms with Crippen molar-refractivity contribution in [2.75, 3.05) is 6.54 Å². The molecular formula is C8H14N2OS. The molecule has 0 saturated heterocycles. The van der Waals surface area contributed by atoms with Crippen molar-refractivity contribution in [1.29, 1.82) is 0 Å². The summed E-state index contributed by atoms with van der Waals surface area (Å²) >= 11 is 1.80. The predicted octanol–water partition coefficient (Wildman–Crippen LogP) is 1.56. The average Bonchev–Trinajstić information content (AvgIpc) is 2.47. The maximum Gasteiger partial charge on any atom is 0.181 e. The summed E-state index contributed by atoms with van der Waals surface area (Å²) in [5.74, 6) is 1.80. The van der Waals surface area contributed by atoms with Gasteiger partial charge in [0.2, 0.25) is 0 Å². The van der Waals surface area contributed by atoms with Gasteiger partial charge in [0.1, 0.15) is 5.76 Å². The summed E-state index contributed by atoms with van der Waals surface area (Å²) in [6, 6.07) is 0. The van der Waals surface area contributed by atoms with E-state index in [1.54, 1.807) is 11.8 Å². The van der Waals surface area contributed by atoms with E-state index in [-0.39, 0.29) is 0 Å². The minimum atomic E-state index is 0.487. The first-order chi connectivity index (χ1) is 5.74. The van der Waals surface area contributed by atoms with E-state index < -0.39 is 0 Å². The highest BCUT2D eigenvalue weighted by molar-refractivity contribution is 7.99. The van der Waals surface area contributed by atoms with Crippen LogP contribution >= 0.6 is 11.8 Å². The lowest BCUT2D eigenvalue weighted by Gasteiger charge is -2.05. The van der Waals surface area contributed by atoms with Gasteiger partial charge in [0.05, 0.1) is 5.69 Å². The Hall–Kier alpha value is -0.480. The first kappa shape index (κ1) is 9.61. The van der Waals surface area contributed by atoms with Crippen LogP contribution < -0.4 is 5.73 Å². The Bertz CT molecular complexity index is 237. The zero-order chi connectivity index (χ0) is 8.97. The lowest BCUT2D eigenvalue weighted by Crippen LogP contribution is -2.12. The smallest absolute Gasteiger partial charge is 0.181 e. The van der Waals surface area contributed by atoms with Crippen molar-refractivity contribution in [1.82, 2.24) is 4.98 Å². The van der Waals surface area contributed by atoms with Crippen LogP contribution in [0, 0.1) is 6.92 Å². The average molecular weight is 186 g/mol. The second kappa shape index (κ2) is 4.52. The molecule has 1 heterocycles. The van der Waals surface area contributed by atoms with Crippen LogP contribution in [0.5, 0.6) is 0 Å². The highest BCUT2D eigenvalue weighted by atomic mass is 32.2. The standard InChI is InChI=1S/C8H14N2OS/c1-6(3-9)12-4-8-7(2)11-5-10-8/h5-6H,3-4,9H2,1-2H3. The summed E-state index contributed by atoms with van der Waals surface area (Å²) in [6.45, 7) is 4.75. The van der Waals surface area contributed by atoms with Crippen molar-refractivity contribution in [3.8, 4) is 0 Å². The molecular weight excluding hydrogens is 172 g/mol. The van der Waals surface area contributed by atoms with Crippen LogP contribution in [0.2, 0.25) is 0 Å². The molecule has 1 unspecified atom stereocenters. The number of hydrogen-bond acceptors (Lipinski definition) is 4. The fourth-order valence-electron chi connectivity index (χ4n) is 0.756. The normalized spacial score (nSPS) is 13.2. The molecule has 1 rings (SSSR count). The summed E-state index contributed by atoms with van der Waals surface area (Å²) in [5.41, 5.74) is 6.51. The molecule has 0 fully saturated rings. The fraction of sp³-hybridized carbons (Fsp3) is 0.625. The highest BCUT2D eigenvalue weighted by Gasteiger charge is 2.05. The van der Waals surface area contributed by atoms with Crippen LogP contribution in [-0.4, -0.2) is 16.8 Å². The van der Waals surface area contributed by atoms with E-state index >= 15 is 0 Å². The summed E-state index contributed by atoms with van der Waals surface area (Å²) in [7, 11) is 0. The van der Waals surface area contributed by atoms with Gasteiger partial charge < -0.3 is 10.2 Å². The van der Waals surface area contributed by atoms with Gasteiger partial charge in [-0.1, -0.05) is 6.92 Å². The van der Waals surface area contributed by atoms with E-state index in [0.717, 1.165) is 17.2 Å². The SMILES string of the molecule is Cc1ocnc1CSC(C)CN. The third-order valence-electron chi connectivity index (χ3n) is 1.68. The maximum absolute atomic E-state index is 5.48. The molecule has 2 N–H and O–H groups in total. The summed E-state index contributed by atoms with van der Waals surface area (Å²) in [6.07, 6.45) is 1.48. The number of rotatable bonds is 4. The van der Waals surface area contributed by atoms with Crippen molar-refractivity contribution in [3.05, 3.63) is 17.8 Å². The van der Waals surface area contributed by atoms with Gasteiger partial charge in [0.15, 0.2) is 6.39 Å². The van der Waals surface area contributed by atoms with Crippen molar-refractivity contribution in [3.63, 3.8) is 0 Å². The Morgan fingerprint density at radius 1 is 1.75 bits per heavy atom. The Balaban J connectivity index is 2.38. The van der Waals surface area contributed by atoms with E-state index in [0.29, 0.717) is 11.8 Å². The van der Waals surface area contributed by atoms with Gasteiger partial charge in [0.25, 0.3) is 0 Å². The summed E-state index contributed by atoms with van der Waals surface area (Å²) in [5, 5.41) is 0.487. The third-order valence-corrected chi connectivity index (χ3v) is 2.88. The Morgan fingerprint density at radius 2 is 2.50 bits per heavy atom. The Kier molecular flexibility index (Phi) is 3.62. The highest BCUT2D eigenvalue weighted by Crippen LogP contribution is 2.17. The summed E-state index contributed by atoms with van der Waals surface area (Å²) < 4.78 is 5.07. The van der Waals surface area contributed by atoms with Crippen molar-refractivity contribution in [2.45, 2.75) is 24.9 Å². The zero-order valence-electron chi connectivity index (χ0n) is 7.41. The Morgan fingerprint density at radius 3 is 3.00 bits per heavy atom. The quantitative estimate of drug-likeness (QED) is 0.775. The first-order valence-electron chi connectivity index (χ1n) is 3.94. The molecule has 1 aromatic heterocycles. The predicted molar refractivity (Wildman–Crippen MR) is 51.1 cm³/mol. The van der Waals surface area contributed by atoms with Gasteiger partial charge in [-0.15, -0.1) is 0 Å². The molecule has 0 radical (unpaired) electrons. The number of hydrogen-bond donors (Lipinski definition) is 1. The van der Waals surface area contributed by atoms with Gasteiger partial charge in [-0.05, 0) is 6.92 Å². The van der Waals surface area contributed by atoms with Gasteiger partial charge in [0, 0.05) is 17.5 Å². The van der Waals surface area contributed by atoms with Crippen LogP contribution in [-0.2, 0) is 5.75 Å². The van der Waals surface area contributed by atoms with E-state index in [9.17, 15) is 0 Å². The molecule has 3 nitrogen and oxygen atoms in total. The lowest BCUT2D eigenvalue weighted by molar-refractivity contribution is 0.525. The molecule has 0 aliphatic rings. The second-order valence-electron chi connectivity index (χ2n) is 2.71. The third kappa shape index (κ3) is 2.53. The molecule has 0 spiro atoms. The molecule has 0 bridgehead atoms. The fourth-order valence-corrected chi connectivity index (χ4v) is 1.61. The molecule has 0 amide bonds. The molecule has 1 atom stereocenters. The van der Waals surface area contributed by atoms with Gasteiger partial charge in [-0.2, -0.15) is 11.8 Å². The van der Waals surface area contributed by atoms with E-state index in [4.69, 9.17) is 10.2 Å². The number of oxazole rings is 1. The van der Waals surface area contributed by atoms with Crippen molar-refractivity contribution >= 4 is 11.8 Å². The van der Waals surface area contributed by atoms with Gasteiger partial charge >= 0.3 is 0 Å². The minimum absolute atomic E-state index is 0.487. The molecule has 68 valence electrons. The monoisotopic (exact) mass is 186 g/mol. The number of nitrogens with zero attached hydrogens (tertiary/aromatic N) is 1. The number of aromatic nitrogens is 1. The van der Waals surface area contributed by atoms with Crippen LogP contribution in [0.4, 0.5) is 0 Å². The van der Waals surface area contributed by atoms with Crippen molar-refractivity contribution in [2.24, 2.45) is 5.73 Å². The maximum atomic E-state index is 5.48. The van der Waals surface area contributed by atoms with Gasteiger partial charge in [-0.25, -0.2) is 4.98 Å². The van der Waals surface area contributed by atoms with Gasteiger partial charge in [-0.3, -0.25) is 0 Å². The van der Waals surface area contributed by atoms with E-state index in [1.165, 1.54) is 6.39 Å².